The summed E-state index contributed by atoms with van der Waals surface area (Å²) >= 11 is 0. The monoisotopic (exact) mass is 341 g/mol. The lowest BCUT2D eigenvalue weighted by Crippen LogP contribution is -2.03. The van der Waals surface area contributed by atoms with Crippen LogP contribution < -0.4 is 0 Å². The summed E-state index contributed by atoms with van der Waals surface area (Å²) < 4.78 is 5.71. The number of aliphatic hydroxyl groups excluding tert-OH is 1. The highest BCUT2D eigenvalue weighted by molar-refractivity contribution is 5.72. The molecular formula is C23H19NO2. The largest absolute Gasteiger partial charge is 0.388 e. The van der Waals surface area contributed by atoms with Gasteiger partial charge in [-0.15, -0.1) is 0 Å². The molecule has 0 saturated heterocycles. The number of nitrogens with zero attached hydrogens (tertiary/aromatic N) is 1. The maximum atomic E-state index is 10.8. The molecule has 3 aromatic carbocycles. The fraction of sp³-hybridized carbons (Fsp3) is 0.0870. The molecule has 4 aromatic rings. The van der Waals surface area contributed by atoms with Gasteiger partial charge in [-0.2, -0.15) is 0 Å². The normalized spacial score (nSPS) is 12.0. The Morgan fingerprint density at radius 1 is 0.731 bits per heavy atom. The van der Waals surface area contributed by atoms with E-state index in [-0.39, 0.29) is 0 Å². The molecule has 128 valence electrons. The second-order valence-electron chi connectivity index (χ2n) is 6.20. The first-order valence-corrected chi connectivity index (χ1v) is 8.65. The number of benzene rings is 3. The average Bonchev–Trinajstić information content (AvgIpc) is 3.13. The zero-order valence-electron chi connectivity index (χ0n) is 14.2. The molecule has 26 heavy (non-hydrogen) atoms. The maximum absolute atomic E-state index is 10.8. The first-order valence-electron chi connectivity index (χ1n) is 8.65. The molecule has 3 heteroatoms. The molecule has 1 heterocycles. The molecule has 0 saturated carbocycles. The molecule has 0 fully saturated rings. The van der Waals surface area contributed by atoms with Crippen LogP contribution in [0.1, 0.15) is 17.2 Å². The lowest BCUT2D eigenvalue weighted by Gasteiger charge is -2.12. The minimum Gasteiger partial charge on any atom is -0.388 e. The van der Waals surface area contributed by atoms with Gasteiger partial charge in [-0.3, -0.25) is 0 Å². The van der Waals surface area contributed by atoms with E-state index in [9.17, 15) is 5.11 Å². The van der Waals surface area contributed by atoms with Gasteiger partial charge in [0.2, 0.25) is 0 Å². The Morgan fingerprint density at radius 3 is 1.88 bits per heavy atom. The molecule has 1 aromatic heterocycles. The van der Waals surface area contributed by atoms with Crippen molar-refractivity contribution in [3.05, 3.63) is 102 Å². The third-order valence-electron chi connectivity index (χ3n) is 4.45. The molecule has 0 amide bonds. The summed E-state index contributed by atoms with van der Waals surface area (Å²) in [7, 11) is 0. The average molecular weight is 341 g/mol. The lowest BCUT2D eigenvalue weighted by atomic mass is 9.95. The van der Waals surface area contributed by atoms with E-state index >= 15 is 0 Å². The topological polar surface area (TPSA) is 46.3 Å². The Hall–Kier alpha value is -3.17. The van der Waals surface area contributed by atoms with E-state index in [1.165, 1.54) is 0 Å². The SMILES string of the molecule is OC(Cc1c(-c2ccccc2)noc1-c1ccccc1)c1ccccc1. The van der Waals surface area contributed by atoms with Crippen LogP contribution in [0.25, 0.3) is 22.6 Å². The molecule has 0 aliphatic carbocycles. The summed E-state index contributed by atoms with van der Waals surface area (Å²) in [5.41, 5.74) is 4.51. The number of rotatable bonds is 5. The summed E-state index contributed by atoms with van der Waals surface area (Å²) in [5.74, 6) is 0.708. The summed E-state index contributed by atoms with van der Waals surface area (Å²) in [6.45, 7) is 0. The molecule has 1 unspecified atom stereocenters. The Morgan fingerprint density at radius 2 is 1.27 bits per heavy atom. The molecule has 0 aliphatic rings. The van der Waals surface area contributed by atoms with Gasteiger partial charge in [-0.05, 0) is 5.56 Å². The maximum Gasteiger partial charge on any atom is 0.170 e. The molecule has 0 aliphatic heterocycles. The smallest absolute Gasteiger partial charge is 0.170 e. The highest BCUT2D eigenvalue weighted by Crippen LogP contribution is 2.35. The van der Waals surface area contributed by atoms with Crippen LogP contribution >= 0.6 is 0 Å². The summed E-state index contributed by atoms with van der Waals surface area (Å²) in [4.78, 5) is 0. The van der Waals surface area contributed by atoms with Crippen LogP contribution in [0.5, 0.6) is 0 Å². The van der Waals surface area contributed by atoms with Gasteiger partial charge >= 0.3 is 0 Å². The molecule has 3 nitrogen and oxygen atoms in total. The highest BCUT2D eigenvalue weighted by Gasteiger charge is 2.22. The van der Waals surface area contributed by atoms with Crippen molar-refractivity contribution in [3.8, 4) is 22.6 Å². The second-order valence-corrected chi connectivity index (χ2v) is 6.20. The Bertz CT molecular complexity index is 906. The van der Waals surface area contributed by atoms with Crippen molar-refractivity contribution in [1.82, 2.24) is 5.16 Å². The van der Waals surface area contributed by atoms with E-state index in [4.69, 9.17) is 4.52 Å². The quantitative estimate of drug-likeness (QED) is 0.537. The molecule has 1 N–H and O–H groups in total. The van der Waals surface area contributed by atoms with Crippen molar-refractivity contribution >= 4 is 0 Å². The molecule has 4 rings (SSSR count). The standard InChI is InChI=1S/C23H19NO2/c25-21(17-10-4-1-5-11-17)16-20-22(18-12-6-2-7-13-18)24-26-23(20)19-14-8-3-9-15-19/h1-15,21,25H,16H2. The summed E-state index contributed by atoms with van der Waals surface area (Å²) in [5, 5.41) is 15.1. The zero-order chi connectivity index (χ0) is 17.8. The molecule has 0 bridgehead atoms. The van der Waals surface area contributed by atoms with Gasteiger partial charge in [0, 0.05) is 23.1 Å². The van der Waals surface area contributed by atoms with E-state index in [2.05, 4.69) is 5.16 Å². The van der Waals surface area contributed by atoms with E-state index in [1.54, 1.807) is 0 Å². The molecule has 0 spiro atoms. The predicted octanol–water partition coefficient (Wildman–Crippen LogP) is 5.28. The molecule has 0 radical (unpaired) electrons. The van der Waals surface area contributed by atoms with Crippen molar-refractivity contribution in [2.45, 2.75) is 12.5 Å². The van der Waals surface area contributed by atoms with E-state index < -0.39 is 6.10 Å². The minimum atomic E-state index is -0.625. The van der Waals surface area contributed by atoms with Gasteiger partial charge in [-0.25, -0.2) is 0 Å². The van der Waals surface area contributed by atoms with Crippen LogP contribution in [0.15, 0.2) is 95.5 Å². The van der Waals surface area contributed by atoms with Gasteiger partial charge in [0.25, 0.3) is 0 Å². The van der Waals surface area contributed by atoms with Crippen LogP contribution in [0.3, 0.4) is 0 Å². The third-order valence-corrected chi connectivity index (χ3v) is 4.45. The number of aromatic nitrogens is 1. The second kappa shape index (κ2) is 7.38. The van der Waals surface area contributed by atoms with Crippen molar-refractivity contribution in [1.29, 1.82) is 0 Å². The first kappa shape index (κ1) is 16.3. The highest BCUT2D eigenvalue weighted by atomic mass is 16.5. The van der Waals surface area contributed by atoms with Crippen molar-refractivity contribution in [3.63, 3.8) is 0 Å². The number of aliphatic hydroxyl groups is 1. The Labute approximate surface area is 152 Å². The van der Waals surface area contributed by atoms with Gasteiger partial charge in [0.1, 0.15) is 5.69 Å². The summed E-state index contributed by atoms with van der Waals surface area (Å²) in [6.07, 6.45) is -0.192. The predicted molar refractivity (Wildman–Crippen MR) is 102 cm³/mol. The van der Waals surface area contributed by atoms with Crippen LogP contribution in [-0.4, -0.2) is 10.3 Å². The van der Waals surface area contributed by atoms with E-state index in [0.717, 1.165) is 27.9 Å². The van der Waals surface area contributed by atoms with Crippen LogP contribution in [-0.2, 0) is 6.42 Å². The summed E-state index contributed by atoms with van der Waals surface area (Å²) in [6, 6.07) is 29.5. The van der Waals surface area contributed by atoms with Gasteiger partial charge in [0.15, 0.2) is 5.76 Å². The molecule has 1 atom stereocenters. The van der Waals surface area contributed by atoms with Crippen molar-refractivity contribution in [2.75, 3.05) is 0 Å². The molecular weight excluding hydrogens is 322 g/mol. The lowest BCUT2D eigenvalue weighted by molar-refractivity contribution is 0.178. The Balaban J connectivity index is 1.78. The number of hydrogen-bond donors (Lipinski definition) is 1. The Kier molecular flexibility index (Phi) is 4.63. The van der Waals surface area contributed by atoms with Gasteiger partial charge in [-0.1, -0.05) is 96.2 Å². The van der Waals surface area contributed by atoms with Crippen LogP contribution in [0, 0.1) is 0 Å². The fourth-order valence-electron chi connectivity index (χ4n) is 3.12. The van der Waals surface area contributed by atoms with Crippen LogP contribution in [0.4, 0.5) is 0 Å². The van der Waals surface area contributed by atoms with Crippen LogP contribution in [0.2, 0.25) is 0 Å². The minimum absolute atomic E-state index is 0.433. The fourth-order valence-corrected chi connectivity index (χ4v) is 3.12. The third kappa shape index (κ3) is 3.30. The van der Waals surface area contributed by atoms with E-state index in [1.807, 2.05) is 91.0 Å². The first-order chi connectivity index (χ1) is 12.8. The number of hydrogen-bond acceptors (Lipinski definition) is 3. The zero-order valence-corrected chi connectivity index (χ0v) is 14.2. The van der Waals surface area contributed by atoms with Crippen molar-refractivity contribution < 1.29 is 9.63 Å². The van der Waals surface area contributed by atoms with E-state index in [0.29, 0.717) is 12.2 Å². The van der Waals surface area contributed by atoms with Gasteiger partial charge in [0.05, 0.1) is 6.10 Å². The van der Waals surface area contributed by atoms with Crippen molar-refractivity contribution in [2.24, 2.45) is 0 Å². The van der Waals surface area contributed by atoms with Gasteiger partial charge < -0.3 is 9.63 Å².